The number of carbonyl (C=O) groups is 3. The van der Waals surface area contributed by atoms with Crippen LogP contribution in [-0.4, -0.2) is 46.4 Å². The van der Waals surface area contributed by atoms with Crippen molar-refractivity contribution < 1.29 is 24.0 Å². The van der Waals surface area contributed by atoms with E-state index < -0.39 is 35.1 Å². The summed E-state index contributed by atoms with van der Waals surface area (Å²) in [6.07, 6.45) is 5.42. The molecule has 0 spiro atoms. The average Bonchev–Trinajstić information content (AvgIpc) is 3.32. The van der Waals surface area contributed by atoms with Crippen molar-refractivity contribution in [2.45, 2.75) is 51.2 Å². The lowest BCUT2D eigenvalue weighted by Crippen LogP contribution is -2.47. The van der Waals surface area contributed by atoms with Crippen molar-refractivity contribution >= 4 is 51.5 Å². The standard InChI is InChI=1S/C21H23ClN4O6S/c1-13(20(29)25(21-23-9-10-33-21)15-5-3-2-4-6-15)32-18(27)12-24-19(28)14-7-8-16(22)17(11-14)26(30)31/h7-11,13,15H,2-6,12H2,1H3,(H,24,28). The van der Waals surface area contributed by atoms with Crippen LogP contribution in [0, 0.1) is 10.1 Å². The van der Waals surface area contributed by atoms with Gasteiger partial charge in [0.25, 0.3) is 17.5 Å². The zero-order valence-electron chi connectivity index (χ0n) is 17.9. The molecule has 33 heavy (non-hydrogen) atoms. The van der Waals surface area contributed by atoms with Gasteiger partial charge in [-0.2, -0.15) is 0 Å². The fourth-order valence-electron chi connectivity index (χ4n) is 3.64. The third-order valence-electron chi connectivity index (χ3n) is 5.26. The Morgan fingerprint density at radius 2 is 2.06 bits per heavy atom. The van der Waals surface area contributed by atoms with Crippen molar-refractivity contribution in [2.75, 3.05) is 11.4 Å². The minimum absolute atomic E-state index is 0.000972. The van der Waals surface area contributed by atoms with Crippen molar-refractivity contribution in [1.29, 1.82) is 0 Å². The monoisotopic (exact) mass is 494 g/mol. The van der Waals surface area contributed by atoms with Crippen molar-refractivity contribution in [1.82, 2.24) is 10.3 Å². The van der Waals surface area contributed by atoms with Crippen LogP contribution in [0.5, 0.6) is 0 Å². The second kappa shape index (κ2) is 11.2. The molecule has 0 saturated heterocycles. The summed E-state index contributed by atoms with van der Waals surface area (Å²) in [6, 6.07) is 3.55. The van der Waals surface area contributed by atoms with Gasteiger partial charge in [-0.15, -0.1) is 11.3 Å². The number of nitro benzene ring substituents is 1. The van der Waals surface area contributed by atoms with Crippen LogP contribution in [0.3, 0.4) is 0 Å². The number of ether oxygens (including phenoxy) is 1. The van der Waals surface area contributed by atoms with E-state index in [0.29, 0.717) is 5.13 Å². The molecular weight excluding hydrogens is 472 g/mol. The molecule has 1 saturated carbocycles. The average molecular weight is 495 g/mol. The largest absolute Gasteiger partial charge is 0.451 e. The third-order valence-corrected chi connectivity index (χ3v) is 6.35. The quantitative estimate of drug-likeness (QED) is 0.336. The number of benzene rings is 1. The van der Waals surface area contributed by atoms with E-state index in [-0.39, 0.29) is 22.5 Å². The van der Waals surface area contributed by atoms with Crippen LogP contribution in [-0.2, 0) is 14.3 Å². The van der Waals surface area contributed by atoms with E-state index in [0.717, 1.165) is 38.2 Å². The number of hydrogen-bond donors (Lipinski definition) is 1. The number of nitrogens with zero attached hydrogens (tertiary/aromatic N) is 3. The number of nitrogens with one attached hydrogen (secondary N) is 1. The van der Waals surface area contributed by atoms with Crippen LogP contribution < -0.4 is 10.2 Å². The molecule has 1 aromatic heterocycles. The van der Waals surface area contributed by atoms with Crippen molar-refractivity contribution in [2.24, 2.45) is 0 Å². The number of halogens is 1. The van der Waals surface area contributed by atoms with Gasteiger partial charge in [-0.3, -0.25) is 29.4 Å². The number of anilines is 1. The maximum Gasteiger partial charge on any atom is 0.326 e. The van der Waals surface area contributed by atoms with Crippen LogP contribution in [0.1, 0.15) is 49.4 Å². The molecule has 1 aliphatic carbocycles. The highest BCUT2D eigenvalue weighted by atomic mass is 35.5. The topological polar surface area (TPSA) is 132 Å². The summed E-state index contributed by atoms with van der Waals surface area (Å²) in [6.45, 7) is 0.974. The molecular formula is C21H23ClN4O6S. The molecule has 1 atom stereocenters. The van der Waals surface area contributed by atoms with Crippen LogP contribution in [0.25, 0.3) is 0 Å². The van der Waals surface area contributed by atoms with E-state index in [2.05, 4.69) is 10.3 Å². The zero-order valence-corrected chi connectivity index (χ0v) is 19.4. The number of rotatable bonds is 8. The van der Waals surface area contributed by atoms with Gasteiger partial charge in [0.15, 0.2) is 11.2 Å². The summed E-state index contributed by atoms with van der Waals surface area (Å²) >= 11 is 7.09. The Bertz CT molecular complexity index is 1030. The first-order valence-electron chi connectivity index (χ1n) is 10.4. The van der Waals surface area contributed by atoms with Crippen LogP contribution in [0.4, 0.5) is 10.8 Å². The fraction of sp³-hybridized carbons (Fsp3) is 0.429. The Morgan fingerprint density at radius 1 is 1.33 bits per heavy atom. The highest BCUT2D eigenvalue weighted by Gasteiger charge is 2.33. The van der Waals surface area contributed by atoms with E-state index in [1.54, 1.807) is 16.5 Å². The summed E-state index contributed by atoms with van der Waals surface area (Å²) in [4.78, 5) is 53.8. The minimum atomic E-state index is -1.07. The lowest BCUT2D eigenvalue weighted by molar-refractivity contribution is -0.384. The van der Waals surface area contributed by atoms with Crippen LogP contribution in [0.15, 0.2) is 29.8 Å². The zero-order chi connectivity index (χ0) is 24.0. The molecule has 2 amide bonds. The van der Waals surface area contributed by atoms with Crippen molar-refractivity contribution in [3.05, 3.63) is 50.5 Å². The van der Waals surface area contributed by atoms with E-state index in [4.69, 9.17) is 16.3 Å². The molecule has 1 unspecified atom stereocenters. The second-order valence-electron chi connectivity index (χ2n) is 7.55. The molecule has 2 aromatic rings. The van der Waals surface area contributed by atoms with Gasteiger partial charge in [-0.05, 0) is 31.9 Å². The van der Waals surface area contributed by atoms with Crippen molar-refractivity contribution in [3.8, 4) is 0 Å². The Morgan fingerprint density at radius 3 is 2.70 bits per heavy atom. The molecule has 12 heteroatoms. The summed E-state index contributed by atoms with van der Waals surface area (Å²) in [5.74, 6) is -1.89. The van der Waals surface area contributed by atoms with Gasteiger partial charge in [-0.1, -0.05) is 30.9 Å². The Hall–Kier alpha value is -3.05. The van der Waals surface area contributed by atoms with Crippen molar-refractivity contribution in [3.63, 3.8) is 0 Å². The lowest BCUT2D eigenvalue weighted by atomic mass is 9.94. The maximum atomic E-state index is 13.1. The molecule has 0 radical (unpaired) electrons. The van der Waals surface area contributed by atoms with Gasteiger partial charge < -0.3 is 10.1 Å². The van der Waals surface area contributed by atoms with Gasteiger partial charge in [0, 0.05) is 29.2 Å². The summed E-state index contributed by atoms with van der Waals surface area (Å²) in [7, 11) is 0. The van der Waals surface area contributed by atoms with E-state index in [1.165, 1.54) is 30.4 Å². The Balaban J connectivity index is 1.59. The smallest absolute Gasteiger partial charge is 0.326 e. The highest BCUT2D eigenvalue weighted by Crippen LogP contribution is 2.29. The van der Waals surface area contributed by atoms with Gasteiger partial charge in [-0.25, -0.2) is 4.98 Å². The molecule has 1 aromatic carbocycles. The van der Waals surface area contributed by atoms with Crippen LogP contribution in [0.2, 0.25) is 5.02 Å². The number of thiazole rings is 1. The lowest BCUT2D eigenvalue weighted by Gasteiger charge is -2.33. The van der Waals surface area contributed by atoms with E-state index in [9.17, 15) is 24.5 Å². The van der Waals surface area contributed by atoms with Gasteiger partial charge in [0.2, 0.25) is 0 Å². The number of hydrogen-bond acceptors (Lipinski definition) is 8. The Kier molecular flexibility index (Phi) is 8.34. The first-order chi connectivity index (χ1) is 15.8. The third kappa shape index (κ3) is 6.26. The number of esters is 1. The molecule has 1 aliphatic rings. The second-order valence-corrected chi connectivity index (χ2v) is 8.83. The van der Waals surface area contributed by atoms with Gasteiger partial charge >= 0.3 is 5.97 Å². The minimum Gasteiger partial charge on any atom is -0.451 e. The predicted octanol–water partition coefficient (Wildman–Crippen LogP) is 3.73. The molecule has 1 fully saturated rings. The van der Waals surface area contributed by atoms with E-state index >= 15 is 0 Å². The maximum absolute atomic E-state index is 13.1. The van der Waals surface area contributed by atoms with Crippen LogP contribution >= 0.6 is 22.9 Å². The first kappa shape index (κ1) is 24.6. The predicted molar refractivity (Wildman–Crippen MR) is 122 cm³/mol. The fourth-order valence-corrected chi connectivity index (χ4v) is 4.54. The molecule has 0 aliphatic heterocycles. The number of carbonyl (C=O) groups excluding carboxylic acids is 3. The normalized spacial score (nSPS) is 14.8. The molecule has 1 heterocycles. The SMILES string of the molecule is CC(OC(=O)CNC(=O)c1ccc(Cl)c([N+](=O)[O-])c1)C(=O)N(c1nccs1)C1CCCCC1. The summed E-state index contributed by atoms with van der Waals surface area (Å²) < 4.78 is 5.25. The molecule has 176 valence electrons. The summed E-state index contributed by atoms with van der Waals surface area (Å²) in [5.41, 5.74) is -0.452. The van der Waals surface area contributed by atoms with Gasteiger partial charge in [0.05, 0.1) is 4.92 Å². The first-order valence-corrected chi connectivity index (χ1v) is 11.7. The molecule has 0 bridgehead atoms. The number of nitro groups is 1. The Labute approximate surface area is 199 Å². The molecule has 10 nitrogen and oxygen atoms in total. The highest BCUT2D eigenvalue weighted by molar-refractivity contribution is 7.13. The molecule has 3 rings (SSSR count). The van der Waals surface area contributed by atoms with E-state index in [1.807, 2.05) is 0 Å². The number of amides is 2. The molecule has 1 N–H and O–H groups in total. The summed E-state index contributed by atoms with van der Waals surface area (Å²) in [5, 5.41) is 15.6. The number of aromatic nitrogens is 1. The van der Waals surface area contributed by atoms with Gasteiger partial charge in [0.1, 0.15) is 11.6 Å².